The Labute approximate surface area is 197 Å². The largest absolute Gasteiger partial charge is 0.497 e. The summed E-state index contributed by atoms with van der Waals surface area (Å²) in [4.78, 5) is 2.42. The molecule has 0 saturated carbocycles. The predicted octanol–water partition coefficient (Wildman–Crippen LogP) is 5.04. The normalized spacial score (nSPS) is 14.5. The summed E-state index contributed by atoms with van der Waals surface area (Å²) < 4.78 is 31.6. The highest BCUT2D eigenvalue weighted by Gasteiger charge is 2.18. The van der Waals surface area contributed by atoms with Gasteiger partial charge in [0.05, 0.1) is 14.2 Å². The monoisotopic (exact) mass is 467 g/mol. The van der Waals surface area contributed by atoms with Crippen LogP contribution < -0.4 is 24.8 Å². The average molecular weight is 468 g/mol. The number of piperidine rings is 1. The highest BCUT2D eigenvalue weighted by atomic mass is 31.1. The zero-order valence-electron chi connectivity index (χ0n) is 19.3. The van der Waals surface area contributed by atoms with Gasteiger partial charge >= 0.3 is 0 Å². The third-order valence-electron chi connectivity index (χ3n) is 5.89. The molecule has 1 aliphatic heterocycles. The van der Waals surface area contributed by atoms with Crippen molar-refractivity contribution in [1.29, 1.82) is 0 Å². The Balaban J connectivity index is 1.65. The number of halogens is 1. The molecule has 1 unspecified atom stereocenters. The molecule has 4 rings (SSSR count). The van der Waals surface area contributed by atoms with Crippen LogP contribution in [-0.4, -0.2) is 32.2 Å². The van der Waals surface area contributed by atoms with Crippen molar-refractivity contribution in [3.8, 4) is 17.2 Å². The minimum atomic E-state index is -0.195. The molecule has 0 aromatic heterocycles. The molecule has 0 bridgehead atoms. The SMILES string of the molecule is COc1cc(OC)c(OCc2ccccc2)c(Pc2ccc(F)cc2CN2CCCCC2)c1. The molecule has 3 aromatic carbocycles. The Morgan fingerprint density at radius 2 is 1.67 bits per heavy atom. The number of hydrogen-bond donors (Lipinski definition) is 0. The lowest BCUT2D eigenvalue weighted by molar-refractivity contribution is 0.221. The van der Waals surface area contributed by atoms with Gasteiger partial charge in [-0.05, 0) is 60.6 Å². The lowest BCUT2D eigenvalue weighted by Gasteiger charge is -2.27. The Hall–Kier alpha value is -2.62. The molecule has 1 aliphatic rings. The summed E-state index contributed by atoms with van der Waals surface area (Å²) >= 11 is 0. The molecule has 4 nitrogen and oxygen atoms in total. The van der Waals surface area contributed by atoms with Crippen molar-refractivity contribution in [2.75, 3.05) is 27.3 Å². The second kappa shape index (κ2) is 11.5. The van der Waals surface area contributed by atoms with E-state index in [1.807, 2.05) is 48.5 Å². The number of rotatable bonds is 9. The molecule has 6 heteroatoms. The van der Waals surface area contributed by atoms with Crippen LogP contribution in [0.2, 0.25) is 0 Å². The Morgan fingerprint density at radius 3 is 2.39 bits per heavy atom. The minimum Gasteiger partial charge on any atom is -0.497 e. The van der Waals surface area contributed by atoms with E-state index in [9.17, 15) is 4.39 Å². The van der Waals surface area contributed by atoms with E-state index in [0.717, 1.165) is 41.4 Å². The smallest absolute Gasteiger partial charge is 0.169 e. The van der Waals surface area contributed by atoms with E-state index in [0.29, 0.717) is 23.9 Å². The molecule has 0 spiro atoms. The van der Waals surface area contributed by atoms with E-state index in [2.05, 4.69) is 4.90 Å². The first-order chi connectivity index (χ1) is 16.2. The topological polar surface area (TPSA) is 30.9 Å². The van der Waals surface area contributed by atoms with Gasteiger partial charge in [-0.2, -0.15) is 0 Å². The first-order valence-electron chi connectivity index (χ1n) is 11.4. The van der Waals surface area contributed by atoms with E-state index in [4.69, 9.17) is 14.2 Å². The van der Waals surface area contributed by atoms with Gasteiger partial charge < -0.3 is 14.2 Å². The Morgan fingerprint density at radius 1 is 0.879 bits per heavy atom. The van der Waals surface area contributed by atoms with Gasteiger partial charge in [0.1, 0.15) is 18.2 Å². The maximum atomic E-state index is 14.2. The summed E-state index contributed by atoms with van der Waals surface area (Å²) in [5.74, 6) is 1.85. The van der Waals surface area contributed by atoms with Gasteiger partial charge in [0.15, 0.2) is 11.5 Å². The molecule has 174 valence electrons. The Kier molecular flexibility index (Phi) is 8.20. The number of ether oxygens (including phenoxy) is 3. The van der Waals surface area contributed by atoms with Crippen LogP contribution in [0.25, 0.3) is 0 Å². The fourth-order valence-corrected chi connectivity index (χ4v) is 5.43. The first-order valence-corrected chi connectivity index (χ1v) is 12.4. The lowest BCUT2D eigenvalue weighted by atomic mass is 10.1. The number of nitrogens with zero attached hydrogens (tertiary/aromatic N) is 1. The van der Waals surface area contributed by atoms with Crippen molar-refractivity contribution in [2.45, 2.75) is 32.4 Å². The number of methoxy groups -OCH3 is 2. The molecular weight excluding hydrogens is 436 g/mol. The van der Waals surface area contributed by atoms with Gasteiger partial charge in [-0.15, -0.1) is 0 Å². The number of likely N-dealkylation sites (tertiary alicyclic amines) is 1. The highest BCUT2D eigenvalue weighted by Crippen LogP contribution is 2.35. The fraction of sp³-hybridized carbons (Fsp3) is 0.333. The van der Waals surface area contributed by atoms with Crippen molar-refractivity contribution in [1.82, 2.24) is 4.90 Å². The van der Waals surface area contributed by atoms with Crippen LogP contribution in [0, 0.1) is 5.82 Å². The first kappa shape index (κ1) is 23.5. The highest BCUT2D eigenvalue weighted by molar-refractivity contribution is 7.55. The molecule has 0 aliphatic carbocycles. The van der Waals surface area contributed by atoms with E-state index < -0.39 is 0 Å². The predicted molar refractivity (Wildman–Crippen MR) is 133 cm³/mol. The second-order valence-corrected chi connectivity index (χ2v) is 9.57. The van der Waals surface area contributed by atoms with Crippen molar-refractivity contribution in [2.24, 2.45) is 0 Å². The van der Waals surface area contributed by atoms with Crippen LogP contribution in [0.5, 0.6) is 17.2 Å². The molecule has 1 heterocycles. The van der Waals surface area contributed by atoms with Gasteiger partial charge in [-0.3, -0.25) is 4.90 Å². The van der Waals surface area contributed by atoms with Gasteiger partial charge in [-0.1, -0.05) is 51.4 Å². The molecule has 1 atom stereocenters. The number of benzene rings is 3. The van der Waals surface area contributed by atoms with Crippen molar-refractivity contribution in [3.63, 3.8) is 0 Å². The van der Waals surface area contributed by atoms with E-state index in [1.165, 1.54) is 19.3 Å². The van der Waals surface area contributed by atoms with Crippen LogP contribution in [-0.2, 0) is 13.2 Å². The van der Waals surface area contributed by atoms with Crippen LogP contribution >= 0.6 is 8.58 Å². The summed E-state index contributed by atoms with van der Waals surface area (Å²) in [6.45, 7) is 3.33. The third kappa shape index (κ3) is 6.25. The molecule has 0 radical (unpaired) electrons. The summed E-state index contributed by atoms with van der Waals surface area (Å²) in [5, 5.41) is 2.09. The molecule has 33 heavy (non-hydrogen) atoms. The quantitative estimate of drug-likeness (QED) is 0.413. The van der Waals surface area contributed by atoms with Gasteiger partial charge in [0, 0.05) is 17.9 Å². The Bertz CT molecular complexity index is 1050. The lowest BCUT2D eigenvalue weighted by Crippen LogP contribution is -2.30. The summed E-state index contributed by atoms with van der Waals surface area (Å²) in [6, 6.07) is 19.0. The summed E-state index contributed by atoms with van der Waals surface area (Å²) in [7, 11) is 3.56. The van der Waals surface area contributed by atoms with Gasteiger partial charge in [-0.25, -0.2) is 4.39 Å². The van der Waals surface area contributed by atoms with Crippen molar-refractivity contribution in [3.05, 3.63) is 77.6 Å². The molecule has 3 aromatic rings. The summed E-state index contributed by atoms with van der Waals surface area (Å²) in [5.41, 5.74) is 2.11. The van der Waals surface area contributed by atoms with Crippen LogP contribution in [0.1, 0.15) is 30.4 Å². The van der Waals surface area contributed by atoms with Crippen molar-refractivity contribution < 1.29 is 18.6 Å². The standard InChI is InChI=1S/C27H31FNO3P/c1-30-23-16-24(31-2)27(32-19-20-9-5-3-6-10-20)26(17-23)33-25-12-11-22(28)15-21(25)18-29-13-7-4-8-14-29/h3,5-6,9-12,15-17,33H,4,7-8,13-14,18-19H2,1-2H3. The zero-order valence-corrected chi connectivity index (χ0v) is 20.3. The van der Waals surface area contributed by atoms with E-state index in [-0.39, 0.29) is 14.4 Å². The third-order valence-corrected chi connectivity index (χ3v) is 7.29. The molecular formula is C27H31FNO3P. The van der Waals surface area contributed by atoms with Crippen molar-refractivity contribution >= 4 is 19.2 Å². The number of hydrogen-bond acceptors (Lipinski definition) is 4. The second-order valence-electron chi connectivity index (χ2n) is 8.24. The molecule has 0 amide bonds. The molecule has 1 saturated heterocycles. The van der Waals surface area contributed by atoms with Gasteiger partial charge in [0.2, 0.25) is 0 Å². The maximum Gasteiger partial charge on any atom is 0.169 e. The van der Waals surface area contributed by atoms with Gasteiger partial charge in [0.25, 0.3) is 0 Å². The van der Waals surface area contributed by atoms with Crippen LogP contribution in [0.4, 0.5) is 4.39 Å². The fourth-order valence-electron chi connectivity index (χ4n) is 4.14. The maximum absolute atomic E-state index is 14.2. The van der Waals surface area contributed by atoms with E-state index in [1.54, 1.807) is 26.4 Å². The average Bonchev–Trinajstić information content (AvgIpc) is 2.85. The van der Waals surface area contributed by atoms with Crippen LogP contribution in [0.15, 0.2) is 60.7 Å². The molecule has 0 N–H and O–H groups in total. The minimum absolute atomic E-state index is 0.195. The van der Waals surface area contributed by atoms with E-state index >= 15 is 0 Å². The zero-order chi connectivity index (χ0) is 23.0. The van der Waals surface area contributed by atoms with Crippen LogP contribution in [0.3, 0.4) is 0 Å². The summed E-state index contributed by atoms with van der Waals surface area (Å²) in [6.07, 6.45) is 3.69. The molecule has 1 fully saturated rings.